The van der Waals surface area contributed by atoms with Gasteiger partial charge in [0.15, 0.2) is 0 Å². The van der Waals surface area contributed by atoms with Crippen molar-refractivity contribution in [2.45, 2.75) is 19.9 Å². The molecule has 0 atom stereocenters. The summed E-state index contributed by atoms with van der Waals surface area (Å²) in [5, 5.41) is 3.23. The Morgan fingerprint density at radius 2 is 2.22 bits per heavy atom. The van der Waals surface area contributed by atoms with Gasteiger partial charge in [0.05, 0.1) is 16.9 Å². The number of pyridine rings is 1. The average Bonchev–Trinajstić information content (AvgIpc) is 2.81. The lowest BCUT2D eigenvalue weighted by atomic mass is 10.3. The third-order valence-corrected chi connectivity index (χ3v) is 2.91. The Bertz CT molecular complexity index is 563. The average molecular weight is 264 g/mol. The molecule has 0 spiro atoms. The van der Waals surface area contributed by atoms with Gasteiger partial charge in [0.2, 0.25) is 0 Å². The number of rotatable bonds is 3. The first kappa shape index (κ1) is 12.6. The molecule has 2 aromatic heterocycles. The molecule has 1 amide bonds. The van der Waals surface area contributed by atoms with Crippen LogP contribution in [0.1, 0.15) is 30.4 Å². The summed E-state index contributed by atoms with van der Waals surface area (Å²) in [6, 6.07) is 5.49. The van der Waals surface area contributed by atoms with Crippen molar-refractivity contribution in [2.75, 3.05) is 5.32 Å². The summed E-state index contributed by atoms with van der Waals surface area (Å²) in [4.78, 5) is 16.1. The monoisotopic (exact) mass is 263 g/mol. The first-order chi connectivity index (χ1) is 8.59. The normalized spacial score (nSPS) is 10.7. The van der Waals surface area contributed by atoms with Crippen LogP contribution in [0.25, 0.3) is 0 Å². The highest BCUT2D eigenvalue weighted by Crippen LogP contribution is 2.20. The van der Waals surface area contributed by atoms with E-state index < -0.39 is 0 Å². The second-order valence-electron chi connectivity index (χ2n) is 4.20. The molecule has 94 valence electrons. The van der Waals surface area contributed by atoms with Crippen molar-refractivity contribution in [1.29, 1.82) is 0 Å². The zero-order valence-corrected chi connectivity index (χ0v) is 11.0. The molecule has 2 aromatic rings. The summed E-state index contributed by atoms with van der Waals surface area (Å²) in [5.74, 6) is -0.191. The van der Waals surface area contributed by atoms with Gasteiger partial charge in [-0.15, -0.1) is 0 Å². The maximum Gasteiger partial charge on any atom is 0.272 e. The van der Waals surface area contributed by atoms with E-state index in [1.165, 1.54) is 6.20 Å². The lowest BCUT2D eigenvalue weighted by Gasteiger charge is -2.13. The van der Waals surface area contributed by atoms with E-state index in [2.05, 4.69) is 10.3 Å². The van der Waals surface area contributed by atoms with Crippen molar-refractivity contribution in [3.63, 3.8) is 0 Å². The molecule has 5 heteroatoms. The topological polar surface area (TPSA) is 46.9 Å². The smallest absolute Gasteiger partial charge is 0.272 e. The Hall–Kier alpha value is -1.81. The van der Waals surface area contributed by atoms with Crippen LogP contribution in [-0.2, 0) is 0 Å². The molecule has 0 aliphatic rings. The van der Waals surface area contributed by atoms with Crippen LogP contribution in [0.3, 0.4) is 0 Å². The third-order valence-electron chi connectivity index (χ3n) is 2.58. The Morgan fingerprint density at radius 1 is 1.44 bits per heavy atom. The highest BCUT2D eigenvalue weighted by atomic mass is 35.5. The zero-order chi connectivity index (χ0) is 13.1. The van der Waals surface area contributed by atoms with E-state index in [9.17, 15) is 4.79 Å². The molecular formula is C13H14ClN3O. The van der Waals surface area contributed by atoms with E-state index in [1.54, 1.807) is 18.3 Å². The van der Waals surface area contributed by atoms with Crippen LogP contribution in [0.5, 0.6) is 0 Å². The van der Waals surface area contributed by atoms with Crippen molar-refractivity contribution in [3.05, 3.63) is 47.5 Å². The number of nitrogens with zero attached hydrogens (tertiary/aromatic N) is 2. The Kier molecular flexibility index (Phi) is 3.67. The van der Waals surface area contributed by atoms with Crippen LogP contribution < -0.4 is 5.32 Å². The minimum Gasteiger partial charge on any atom is -0.341 e. The van der Waals surface area contributed by atoms with Crippen LogP contribution in [0.15, 0.2) is 36.8 Å². The summed E-state index contributed by atoms with van der Waals surface area (Å²) in [6.07, 6.45) is 4.99. The minimum atomic E-state index is -0.191. The Labute approximate surface area is 111 Å². The van der Waals surface area contributed by atoms with Crippen molar-refractivity contribution >= 4 is 23.2 Å². The molecule has 0 bridgehead atoms. The van der Waals surface area contributed by atoms with Crippen molar-refractivity contribution in [3.8, 4) is 0 Å². The van der Waals surface area contributed by atoms with Crippen LogP contribution >= 0.6 is 11.6 Å². The molecule has 4 nitrogen and oxygen atoms in total. The highest BCUT2D eigenvalue weighted by Gasteiger charge is 2.13. The molecule has 0 saturated heterocycles. The van der Waals surface area contributed by atoms with E-state index in [4.69, 9.17) is 11.6 Å². The number of anilines is 1. The van der Waals surface area contributed by atoms with Gasteiger partial charge in [-0.25, -0.2) is 0 Å². The molecule has 1 N–H and O–H groups in total. The van der Waals surface area contributed by atoms with Crippen LogP contribution in [0, 0.1) is 0 Å². The van der Waals surface area contributed by atoms with E-state index in [0.717, 1.165) is 0 Å². The number of carbonyl (C=O) groups is 1. The fraction of sp³-hybridized carbons (Fsp3) is 0.231. The van der Waals surface area contributed by atoms with Crippen molar-refractivity contribution < 1.29 is 4.79 Å². The van der Waals surface area contributed by atoms with E-state index in [1.807, 2.05) is 30.7 Å². The predicted molar refractivity (Wildman–Crippen MR) is 72.0 cm³/mol. The van der Waals surface area contributed by atoms with Gasteiger partial charge in [-0.05, 0) is 32.0 Å². The van der Waals surface area contributed by atoms with Gasteiger partial charge in [0, 0.05) is 18.4 Å². The third kappa shape index (κ3) is 2.54. The number of hydrogen-bond acceptors (Lipinski definition) is 2. The highest BCUT2D eigenvalue weighted by molar-refractivity contribution is 6.33. The molecule has 0 fully saturated rings. The number of nitrogens with one attached hydrogen (secondary N) is 1. The first-order valence-electron chi connectivity index (χ1n) is 5.67. The Balaban J connectivity index is 2.23. The standard InChI is InChI=1S/C13H14ClN3O/c1-9(2)17-7-3-4-12(17)13(18)16-11-8-15-6-5-10(11)14/h3-9H,1-2H3,(H,16,18). The quantitative estimate of drug-likeness (QED) is 0.923. The maximum atomic E-state index is 12.1. The summed E-state index contributed by atoms with van der Waals surface area (Å²) >= 11 is 5.97. The van der Waals surface area contributed by atoms with Gasteiger partial charge in [-0.2, -0.15) is 0 Å². The molecule has 2 rings (SSSR count). The van der Waals surface area contributed by atoms with Gasteiger partial charge in [0.1, 0.15) is 5.69 Å². The largest absolute Gasteiger partial charge is 0.341 e. The van der Waals surface area contributed by atoms with E-state index >= 15 is 0 Å². The van der Waals surface area contributed by atoms with E-state index in [-0.39, 0.29) is 11.9 Å². The minimum absolute atomic E-state index is 0.191. The zero-order valence-electron chi connectivity index (χ0n) is 10.2. The molecular weight excluding hydrogens is 250 g/mol. The van der Waals surface area contributed by atoms with Gasteiger partial charge < -0.3 is 9.88 Å². The second kappa shape index (κ2) is 5.23. The van der Waals surface area contributed by atoms with Gasteiger partial charge >= 0.3 is 0 Å². The van der Waals surface area contributed by atoms with Crippen LogP contribution in [0.4, 0.5) is 5.69 Å². The van der Waals surface area contributed by atoms with Crippen LogP contribution in [0.2, 0.25) is 5.02 Å². The number of halogens is 1. The number of hydrogen-bond donors (Lipinski definition) is 1. The first-order valence-corrected chi connectivity index (χ1v) is 6.05. The van der Waals surface area contributed by atoms with Crippen molar-refractivity contribution in [2.24, 2.45) is 0 Å². The second-order valence-corrected chi connectivity index (χ2v) is 4.61. The molecule has 0 aliphatic heterocycles. The lowest BCUT2D eigenvalue weighted by Crippen LogP contribution is -2.18. The van der Waals surface area contributed by atoms with Crippen molar-refractivity contribution in [1.82, 2.24) is 9.55 Å². The lowest BCUT2D eigenvalue weighted by molar-refractivity contribution is 0.101. The summed E-state index contributed by atoms with van der Waals surface area (Å²) < 4.78 is 1.90. The number of amides is 1. The SMILES string of the molecule is CC(C)n1cccc1C(=O)Nc1cnccc1Cl. The molecule has 2 heterocycles. The summed E-state index contributed by atoms with van der Waals surface area (Å²) in [6.45, 7) is 4.04. The molecule has 18 heavy (non-hydrogen) atoms. The predicted octanol–water partition coefficient (Wildman–Crippen LogP) is 3.37. The van der Waals surface area contributed by atoms with Gasteiger partial charge in [0.25, 0.3) is 5.91 Å². The fourth-order valence-corrected chi connectivity index (χ4v) is 1.84. The number of aromatic nitrogens is 2. The fourth-order valence-electron chi connectivity index (χ4n) is 1.69. The number of carbonyl (C=O) groups excluding carboxylic acids is 1. The molecule has 0 unspecified atom stereocenters. The van der Waals surface area contributed by atoms with Crippen LogP contribution in [-0.4, -0.2) is 15.5 Å². The molecule has 0 saturated carbocycles. The Morgan fingerprint density at radius 3 is 2.89 bits per heavy atom. The van der Waals surface area contributed by atoms with Gasteiger partial charge in [-0.1, -0.05) is 11.6 Å². The summed E-state index contributed by atoms with van der Waals surface area (Å²) in [5.41, 5.74) is 1.12. The molecule has 0 aliphatic carbocycles. The van der Waals surface area contributed by atoms with E-state index in [0.29, 0.717) is 16.4 Å². The summed E-state index contributed by atoms with van der Waals surface area (Å²) in [7, 11) is 0. The van der Waals surface area contributed by atoms with Gasteiger partial charge in [-0.3, -0.25) is 9.78 Å². The molecule has 0 radical (unpaired) electrons. The molecule has 0 aromatic carbocycles. The maximum absolute atomic E-state index is 12.1.